The number of carbonyl (C=O) groups is 1. The summed E-state index contributed by atoms with van der Waals surface area (Å²) in [6.45, 7) is 13.2. The van der Waals surface area contributed by atoms with Gasteiger partial charge in [-0.25, -0.2) is 0 Å². The van der Waals surface area contributed by atoms with E-state index < -0.39 is 12.3 Å². The lowest BCUT2D eigenvalue weighted by Gasteiger charge is -2.21. The fraction of sp³-hybridized carbons (Fsp3) is 0.458. The molecule has 0 fully saturated rings. The predicted molar refractivity (Wildman–Crippen MR) is 122 cm³/mol. The largest absolute Gasteiger partial charge is 0.451 e. The predicted octanol–water partition coefficient (Wildman–Crippen LogP) is 5.63. The van der Waals surface area contributed by atoms with Crippen LogP contribution in [0.1, 0.15) is 64.1 Å². The van der Waals surface area contributed by atoms with Crippen molar-refractivity contribution in [2.24, 2.45) is 13.0 Å². The van der Waals surface area contributed by atoms with Crippen molar-refractivity contribution in [1.82, 2.24) is 9.78 Å². The molecule has 2 aromatic rings. The van der Waals surface area contributed by atoms with E-state index in [1.54, 1.807) is 39.4 Å². The van der Waals surface area contributed by atoms with Crippen molar-refractivity contribution in [1.29, 1.82) is 5.26 Å². The first-order valence-corrected chi connectivity index (χ1v) is 10.6. The zero-order valence-corrected chi connectivity index (χ0v) is 20.2. The summed E-state index contributed by atoms with van der Waals surface area (Å²) < 4.78 is 12.9. The summed E-state index contributed by atoms with van der Waals surface area (Å²) in [6.07, 6.45) is -0.923. The Hall–Kier alpha value is -2.78. The number of esters is 1. The van der Waals surface area contributed by atoms with Crippen LogP contribution < -0.4 is 0 Å². The van der Waals surface area contributed by atoms with Gasteiger partial charge in [0.1, 0.15) is 17.3 Å². The van der Waals surface area contributed by atoms with Gasteiger partial charge in [-0.2, -0.15) is 10.4 Å². The maximum atomic E-state index is 12.0. The zero-order valence-electron chi connectivity index (χ0n) is 19.4. The van der Waals surface area contributed by atoms with Gasteiger partial charge in [-0.15, -0.1) is 0 Å². The minimum atomic E-state index is -0.923. The molecule has 0 aliphatic rings. The summed E-state index contributed by atoms with van der Waals surface area (Å²) in [7, 11) is 1.72. The quantitative estimate of drug-likeness (QED) is 0.250. The van der Waals surface area contributed by atoms with Crippen molar-refractivity contribution in [2.45, 2.75) is 60.2 Å². The molecule has 0 bridgehead atoms. The van der Waals surface area contributed by atoms with Crippen LogP contribution in [0.2, 0.25) is 5.02 Å². The molecule has 1 aromatic heterocycles. The molecule has 0 amide bonds. The summed E-state index contributed by atoms with van der Waals surface area (Å²) >= 11 is 6.51. The smallest absolute Gasteiger partial charge is 0.311 e. The second-order valence-corrected chi connectivity index (χ2v) is 9.17. The van der Waals surface area contributed by atoms with Crippen molar-refractivity contribution < 1.29 is 14.3 Å². The monoisotopic (exact) mass is 443 g/mol. The van der Waals surface area contributed by atoms with Gasteiger partial charge in [0, 0.05) is 14.0 Å². The fourth-order valence-electron chi connectivity index (χ4n) is 2.99. The van der Waals surface area contributed by atoms with E-state index in [2.05, 4.69) is 31.9 Å². The van der Waals surface area contributed by atoms with Crippen LogP contribution in [0.25, 0.3) is 11.3 Å². The Kier molecular flexibility index (Phi) is 7.56. The lowest BCUT2D eigenvalue weighted by molar-refractivity contribution is -0.167. The van der Waals surface area contributed by atoms with Crippen molar-refractivity contribution in [3.8, 4) is 6.07 Å². The van der Waals surface area contributed by atoms with Crippen LogP contribution in [0.3, 0.4) is 0 Å². The van der Waals surface area contributed by atoms with Crippen molar-refractivity contribution in [3.63, 3.8) is 0 Å². The van der Waals surface area contributed by atoms with Gasteiger partial charge in [0.2, 0.25) is 6.29 Å². The first kappa shape index (κ1) is 24.5. The Bertz CT molecular complexity index is 1020. The highest BCUT2D eigenvalue weighted by Gasteiger charge is 2.26. The van der Waals surface area contributed by atoms with Crippen LogP contribution in [0.15, 0.2) is 24.3 Å². The standard InChI is InChI=1S/C24H30ClN3O3/c1-14(2)23(29)31-16(4)30-22(21-20(25)15(3)27-28(21)8)19(13-26)17-9-11-18(12-10-17)24(5,6)7/h9-12,14,16H,1-8H3/b22-19-. The maximum absolute atomic E-state index is 12.0. The molecule has 0 spiro atoms. The minimum absolute atomic E-state index is 0.0175. The Balaban J connectivity index is 2.62. The third kappa shape index (κ3) is 5.68. The number of hydrogen-bond donors (Lipinski definition) is 0. The summed E-state index contributed by atoms with van der Waals surface area (Å²) in [5, 5.41) is 14.8. The van der Waals surface area contributed by atoms with Crippen LogP contribution in [0.5, 0.6) is 0 Å². The van der Waals surface area contributed by atoms with Crippen LogP contribution in [0.4, 0.5) is 0 Å². The number of ether oxygens (including phenoxy) is 2. The number of allylic oxidation sites excluding steroid dienone is 1. The van der Waals surface area contributed by atoms with Crippen LogP contribution in [0, 0.1) is 24.2 Å². The number of nitrogens with zero attached hydrogens (tertiary/aromatic N) is 3. The molecule has 0 aliphatic heterocycles. The summed E-state index contributed by atoms with van der Waals surface area (Å²) in [6, 6.07) is 9.97. The van der Waals surface area contributed by atoms with Gasteiger partial charge >= 0.3 is 5.97 Å². The van der Waals surface area contributed by atoms with E-state index in [0.717, 1.165) is 5.56 Å². The van der Waals surface area contributed by atoms with Gasteiger partial charge in [-0.05, 0) is 23.5 Å². The first-order chi connectivity index (χ1) is 14.4. The molecule has 6 nitrogen and oxygen atoms in total. The number of benzene rings is 1. The van der Waals surface area contributed by atoms with Gasteiger partial charge < -0.3 is 9.47 Å². The Labute approximate surface area is 189 Å². The molecule has 31 heavy (non-hydrogen) atoms. The summed E-state index contributed by atoms with van der Waals surface area (Å²) in [4.78, 5) is 12.0. The van der Waals surface area contributed by atoms with Crippen molar-refractivity contribution in [3.05, 3.63) is 51.8 Å². The molecule has 1 heterocycles. The van der Waals surface area contributed by atoms with E-state index in [1.165, 1.54) is 0 Å². The topological polar surface area (TPSA) is 77.1 Å². The molecule has 0 saturated heterocycles. The zero-order chi connectivity index (χ0) is 23.5. The molecule has 1 atom stereocenters. The Morgan fingerprint density at radius 2 is 1.74 bits per heavy atom. The number of carbonyl (C=O) groups excluding carboxylic acids is 1. The fourth-order valence-corrected chi connectivity index (χ4v) is 3.23. The molecule has 0 N–H and O–H groups in total. The second kappa shape index (κ2) is 9.57. The van der Waals surface area contributed by atoms with Crippen LogP contribution in [-0.2, 0) is 26.7 Å². The third-order valence-corrected chi connectivity index (χ3v) is 5.23. The van der Waals surface area contributed by atoms with E-state index in [0.29, 0.717) is 22.0 Å². The molecule has 7 heteroatoms. The van der Waals surface area contributed by atoms with Crippen molar-refractivity contribution >= 4 is 28.9 Å². The van der Waals surface area contributed by atoms with Gasteiger partial charge in [0.25, 0.3) is 0 Å². The SMILES string of the molecule is Cc1nn(C)c(/C(OC(C)OC(=O)C(C)C)=C(\C#N)c2ccc(C(C)(C)C)cc2)c1Cl. The molecular weight excluding hydrogens is 414 g/mol. The number of aryl methyl sites for hydroxylation is 2. The third-order valence-electron chi connectivity index (χ3n) is 4.78. The van der Waals surface area contributed by atoms with Gasteiger partial charge in [0.15, 0.2) is 5.76 Å². The molecule has 1 aromatic carbocycles. The number of rotatable bonds is 6. The number of aromatic nitrogens is 2. The minimum Gasteiger partial charge on any atom is -0.451 e. The first-order valence-electron chi connectivity index (χ1n) is 10.2. The number of nitriles is 1. The van der Waals surface area contributed by atoms with Crippen LogP contribution >= 0.6 is 11.6 Å². The lowest BCUT2D eigenvalue weighted by Crippen LogP contribution is -2.22. The maximum Gasteiger partial charge on any atom is 0.311 e. The Morgan fingerprint density at radius 1 is 1.16 bits per heavy atom. The van der Waals surface area contributed by atoms with E-state index >= 15 is 0 Å². The highest BCUT2D eigenvalue weighted by atomic mass is 35.5. The number of halogens is 1. The average molecular weight is 444 g/mol. The molecule has 1 unspecified atom stereocenters. The van der Waals surface area contributed by atoms with E-state index in [1.807, 2.05) is 24.3 Å². The summed E-state index contributed by atoms with van der Waals surface area (Å²) in [5.41, 5.74) is 3.12. The highest BCUT2D eigenvalue weighted by molar-refractivity contribution is 6.33. The van der Waals surface area contributed by atoms with Gasteiger partial charge in [0.05, 0.1) is 16.6 Å². The summed E-state index contributed by atoms with van der Waals surface area (Å²) in [5.74, 6) is -0.489. The molecule has 0 radical (unpaired) electrons. The molecular formula is C24H30ClN3O3. The molecule has 166 valence electrons. The lowest BCUT2D eigenvalue weighted by atomic mass is 9.86. The molecule has 2 rings (SSSR count). The van der Waals surface area contributed by atoms with E-state index in [9.17, 15) is 10.1 Å². The average Bonchev–Trinajstić information content (AvgIpc) is 2.92. The molecule has 0 aliphatic carbocycles. The van der Waals surface area contributed by atoms with Gasteiger partial charge in [-0.3, -0.25) is 9.48 Å². The van der Waals surface area contributed by atoms with E-state index in [4.69, 9.17) is 21.1 Å². The van der Waals surface area contributed by atoms with E-state index in [-0.39, 0.29) is 22.7 Å². The molecule has 0 saturated carbocycles. The van der Waals surface area contributed by atoms with Crippen LogP contribution in [-0.4, -0.2) is 22.0 Å². The Morgan fingerprint density at radius 3 is 2.16 bits per heavy atom. The van der Waals surface area contributed by atoms with Gasteiger partial charge in [-0.1, -0.05) is 70.5 Å². The van der Waals surface area contributed by atoms with Crippen molar-refractivity contribution in [2.75, 3.05) is 0 Å². The second-order valence-electron chi connectivity index (χ2n) is 8.79. The highest BCUT2D eigenvalue weighted by Crippen LogP contribution is 2.35. The normalized spacial score (nSPS) is 13.5. The number of hydrogen-bond acceptors (Lipinski definition) is 5.